The maximum absolute atomic E-state index is 13.5. The highest BCUT2D eigenvalue weighted by atomic mass is 79.9. The quantitative estimate of drug-likeness (QED) is 0.743. The minimum Gasteiger partial charge on any atom is -0.478 e. The highest BCUT2D eigenvalue weighted by molar-refractivity contribution is 9.10. The van der Waals surface area contributed by atoms with Crippen molar-refractivity contribution < 1.29 is 14.3 Å². The van der Waals surface area contributed by atoms with Crippen molar-refractivity contribution in [3.05, 3.63) is 64.4 Å². The van der Waals surface area contributed by atoms with Gasteiger partial charge in [-0.3, -0.25) is 0 Å². The van der Waals surface area contributed by atoms with Crippen LogP contribution in [0.2, 0.25) is 0 Å². The number of rotatable bonds is 2. The van der Waals surface area contributed by atoms with Crippen LogP contribution in [0.3, 0.4) is 0 Å². The van der Waals surface area contributed by atoms with Crippen LogP contribution in [0.1, 0.15) is 10.4 Å². The number of hydrogen-bond donors (Lipinski definition) is 1. The van der Waals surface area contributed by atoms with Crippen molar-refractivity contribution in [3.63, 3.8) is 0 Å². The number of carbonyl (C=O) groups is 1. The van der Waals surface area contributed by atoms with E-state index in [0.717, 1.165) is 5.56 Å². The molecule has 0 aliphatic heterocycles. The van der Waals surface area contributed by atoms with E-state index in [0.29, 0.717) is 15.7 Å². The molecule has 1 heterocycles. The molecule has 3 nitrogen and oxygen atoms in total. The highest BCUT2D eigenvalue weighted by Crippen LogP contribution is 2.30. The lowest BCUT2D eigenvalue weighted by molar-refractivity contribution is 0.0699. The van der Waals surface area contributed by atoms with Gasteiger partial charge in [0.15, 0.2) is 0 Å². The predicted octanol–water partition coefficient (Wildman–Crippen LogP) is 4.50. The van der Waals surface area contributed by atoms with Crippen LogP contribution in [0.15, 0.2) is 53.0 Å². The number of benzene rings is 2. The second kappa shape index (κ2) is 5.26. The third kappa shape index (κ3) is 2.52. The third-order valence-corrected chi connectivity index (χ3v) is 3.74. The average molecular weight is 346 g/mol. The Kier molecular flexibility index (Phi) is 3.43. The van der Waals surface area contributed by atoms with Gasteiger partial charge in [0.25, 0.3) is 0 Å². The molecule has 0 unspecified atom stereocenters. The predicted molar refractivity (Wildman–Crippen MR) is 81.8 cm³/mol. The van der Waals surface area contributed by atoms with Gasteiger partial charge in [-0.1, -0.05) is 30.3 Å². The van der Waals surface area contributed by atoms with E-state index in [4.69, 9.17) is 0 Å². The van der Waals surface area contributed by atoms with Crippen molar-refractivity contribution >= 4 is 32.8 Å². The summed E-state index contributed by atoms with van der Waals surface area (Å²) in [6, 6.07) is 13.2. The van der Waals surface area contributed by atoms with Crippen LogP contribution in [0.4, 0.5) is 4.39 Å². The lowest BCUT2D eigenvalue weighted by Crippen LogP contribution is -2.01. The number of pyridine rings is 1. The minimum atomic E-state index is -1.11. The minimum absolute atomic E-state index is 0.0269. The summed E-state index contributed by atoms with van der Waals surface area (Å²) in [5.74, 6) is -1.62. The fourth-order valence-electron chi connectivity index (χ4n) is 2.19. The number of carboxylic acids is 1. The zero-order valence-electron chi connectivity index (χ0n) is 10.7. The number of hydrogen-bond acceptors (Lipinski definition) is 2. The summed E-state index contributed by atoms with van der Waals surface area (Å²) >= 11 is 3.24. The van der Waals surface area contributed by atoms with Crippen LogP contribution in [0.25, 0.3) is 22.2 Å². The Bertz CT molecular complexity index is 850. The van der Waals surface area contributed by atoms with E-state index in [1.165, 1.54) is 18.2 Å². The van der Waals surface area contributed by atoms with Gasteiger partial charge >= 0.3 is 5.97 Å². The molecular formula is C16H9BrFNO2. The summed E-state index contributed by atoms with van der Waals surface area (Å²) in [5, 5.41) is 9.64. The molecule has 1 N–H and O–H groups in total. The smallest absolute Gasteiger partial charge is 0.336 e. The molecule has 0 bridgehead atoms. The molecule has 0 aliphatic carbocycles. The van der Waals surface area contributed by atoms with Crippen LogP contribution in [0.5, 0.6) is 0 Å². The lowest BCUT2D eigenvalue weighted by atomic mass is 10.0. The molecule has 3 aromatic rings. The SMILES string of the molecule is O=C(O)c1cc(-c2ccccc2)nc2c(Br)cc(F)cc12. The Hall–Kier alpha value is -2.27. The third-order valence-electron chi connectivity index (χ3n) is 3.13. The molecule has 0 saturated carbocycles. The van der Waals surface area contributed by atoms with Crippen molar-refractivity contribution in [2.75, 3.05) is 0 Å². The molecule has 1 aromatic heterocycles. The fourth-order valence-corrected chi connectivity index (χ4v) is 2.71. The normalized spacial score (nSPS) is 10.8. The molecule has 21 heavy (non-hydrogen) atoms. The molecule has 0 spiro atoms. The second-order valence-corrected chi connectivity index (χ2v) is 5.36. The number of fused-ring (bicyclic) bond motifs is 1. The second-order valence-electron chi connectivity index (χ2n) is 4.51. The molecule has 0 fully saturated rings. The van der Waals surface area contributed by atoms with Gasteiger partial charge in [0.2, 0.25) is 0 Å². The average Bonchev–Trinajstić information content (AvgIpc) is 2.47. The molecule has 5 heteroatoms. The van der Waals surface area contributed by atoms with Crippen LogP contribution in [-0.4, -0.2) is 16.1 Å². The van der Waals surface area contributed by atoms with Gasteiger partial charge in [-0.25, -0.2) is 14.2 Å². The Balaban J connectivity index is 2.38. The molecule has 0 amide bonds. The topological polar surface area (TPSA) is 50.2 Å². The largest absolute Gasteiger partial charge is 0.478 e. The van der Waals surface area contributed by atoms with Gasteiger partial charge in [-0.05, 0) is 34.1 Å². The van der Waals surface area contributed by atoms with Gasteiger partial charge in [-0.15, -0.1) is 0 Å². The summed E-state index contributed by atoms with van der Waals surface area (Å²) in [7, 11) is 0. The molecule has 0 saturated heterocycles. The molecule has 0 aliphatic rings. The van der Waals surface area contributed by atoms with E-state index in [2.05, 4.69) is 20.9 Å². The monoisotopic (exact) mass is 345 g/mol. The summed E-state index contributed by atoms with van der Waals surface area (Å²) < 4.78 is 13.9. The maximum atomic E-state index is 13.5. The Morgan fingerprint density at radius 1 is 1.14 bits per heavy atom. The Morgan fingerprint density at radius 2 is 1.86 bits per heavy atom. The number of halogens is 2. The zero-order valence-corrected chi connectivity index (χ0v) is 12.3. The van der Waals surface area contributed by atoms with Crippen LogP contribution < -0.4 is 0 Å². The highest BCUT2D eigenvalue weighted by Gasteiger charge is 2.15. The number of aromatic carboxylic acids is 1. The standard InChI is InChI=1S/C16H9BrFNO2/c17-13-7-10(18)6-11-12(16(20)21)8-14(19-15(11)13)9-4-2-1-3-5-9/h1-8H,(H,20,21). The van der Waals surface area contributed by atoms with Crippen LogP contribution in [0, 0.1) is 5.82 Å². The van der Waals surface area contributed by atoms with Gasteiger partial charge in [0.1, 0.15) is 5.82 Å². The van der Waals surface area contributed by atoms with Crippen molar-refractivity contribution in [1.29, 1.82) is 0 Å². The maximum Gasteiger partial charge on any atom is 0.336 e. The van der Waals surface area contributed by atoms with Gasteiger partial charge in [-0.2, -0.15) is 0 Å². The van der Waals surface area contributed by atoms with Crippen molar-refractivity contribution in [1.82, 2.24) is 4.98 Å². The Morgan fingerprint density at radius 3 is 2.52 bits per heavy atom. The van der Waals surface area contributed by atoms with Crippen LogP contribution >= 0.6 is 15.9 Å². The van der Waals surface area contributed by atoms with Crippen LogP contribution in [-0.2, 0) is 0 Å². The first-order chi connectivity index (χ1) is 10.1. The first kappa shape index (κ1) is 13.7. The molecule has 0 atom stereocenters. The van der Waals surface area contributed by atoms with Crippen molar-refractivity contribution in [2.24, 2.45) is 0 Å². The van der Waals surface area contributed by atoms with Gasteiger partial charge < -0.3 is 5.11 Å². The number of nitrogens with zero attached hydrogens (tertiary/aromatic N) is 1. The molecule has 3 rings (SSSR count). The number of carboxylic acid groups (broad SMARTS) is 1. The summed E-state index contributed by atoms with van der Waals surface area (Å²) in [6.45, 7) is 0. The van der Waals surface area contributed by atoms with E-state index >= 15 is 0 Å². The van der Waals surface area contributed by atoms with Gasteiger partial charge in [0.05, 0.1) is 16.8 Å². The van der Waals surface area contributed by atoms with E-state index in [9.17, 15) is 14.3 Å². The van der Waals surface area contributed by atoms with Gasteiger partial charge in [0, 0.05) is 15.4 Å². The Labute approximate surface area is 128 Å². The molecular weight excluding hydrogens is 337 g/mol. The molecule has 104 valence electrons. The zero-order chi connectivity index (χ0) is 15.0. The summed E-state index contributed by atoms with van der Waals surface area (Å²) in [4.78, 5) is 15.9. The lowest BCUT2D eigenvalue weighted by Gasteiger charge is -2.08. The first-order valence-electron chi connectivity index (χ1n) is 6.15. The van der Waals surface area contributed by atoms with E-state index in [-0.39, 0.29) is 10.9 Å². The molecule has 2 aromatic carbocycles. The summed E-state index contributed by atoms with van der Waals surface area (Å²) in [5.41, 5.74) is 1.79. The fraction of sp³-hybridized carbons (Fsp3) is 0. The first-order valence-corrected chi connectivity index (χ1v) is 6.94. The number of aromatic nitrogens is 1. The van der Waals surface area contributed by atoms with E-state index < -0.39 is 11.8 Å². The van der Waals surface area contributed by atoms with E-state index in [1.54, 1.807) is 0 Å². The molecule has 0 radical (unpaired) electrons. The van der Waals surface area contributed by atoms with Crippen molar-refractivity contribution in [3.8, 4) is 11.3 Å². The van der Waals surface area contributed by atoms with E-state index in [1.807, 2.05) is 30.3 Å². The summed E-state index contributed by atoms with van der Waals surface area (Å²) in [6.07, 6.45) is 0. The van der Waals surface area contributed by atoms with Crippen molar-refractivity contribution in [2.45, 2.75) is 0 Å².